The maximum absolute atomic E-state index is 6.04. The van der Waals surface area contributed by atoms with Crippen molar-refractivity contribution in [3.63, 3.8) is 0 Å². The fraction of sp³-hybridized carbons (Fsp3) is 0. The van der Waals surface area contributed by atoms with Crippen LogP contribution >= 0.6 is 11.6 Å². The van der Waals surface area contributed by atoms with Gasteiger partial charge in [-0.2, -0.15) is 0 Å². The summed E-state index contributed by atoms with van der Waals surface area (Å²) in [6.45, 7) is 0. The van der Waals surface area contributed by atoms with E-state index < -0.39 is 0 Å². The van der Waals surface area contributed by atoms with Gasteiger partial charge in [-0.25, -0.2) is 0 Å². The Kier molecular flexibility index (Phi) is 3.89. The van der Waals surface area contributed by atoms with Gasteiger partial charge in [-0.05, 0) is 47.5 Å². The normalized spacial score (nSPS) is 10.7. The zero-order valence-electron chi connectivity index (χ0n) is 12.8. The molecule has 3 aromatic carbocycles. The molecule has 1 aromatic heterocycles. The number of nitrogens with zero attached hydrogens (tertiary/aromatic N) is 1. The SMILES string of the molecule is Clc1ccc2c(Oc3ccc(-c4ccccc4)cc3)ccnc2c1. The first-order chi connectivity index (χ1) is 11.8. The van der Waals surface area contributed by atoms with Gasteiger partial charge >= 0.3 is 0 Å². The van der Waals surface area contributed by atoms with Crippen molar-refractivity contribution in [1.82, 2.24) is 4.98 Å². The van der Waals surface area contributed by atoms with Crippen molar-refractivity contribution in [2.75, 3.05) is 0 Å². The number of hydrogen-bond acceptors (Lipinski definition) is 2. The van der Waals surface area contributed by atoms with E-state index in [9.17, 15) is 0 Å². The lowest BCUT2D eigenvalue weighted by atomic mass is 10.1. The lowest BCUT2D eigenvalue weighted by Gasteiger charge is -2.09. The van der Waals surface area contributed by atoms with Gasteiger partial charge in [0.05, 0.1) is 5.52 Å². The number of hydrogen-bond donors (Lipinski definition) is 0. The molecule has 0 radical (unpaired) electrons. The molecule has 0 aliphatic heterocycles. The predicted molar refractivity (Wildman–Crippen MR) is 98.7 cm³/mol. The van der Waals surface area contributed by atoms with Crippen LogP contribution in [0.5, 0.6) is 11.5 Å². The van der Waals surface area contributed by atoms with Crippen molar-refractivity contribution in [1.29, 1.82) is 0 Å². The molecule has 0 aliphatic rings. The lowest BCUT2D eigenvalue weighted by Crippen LogP contribution is -1.88. The van der Waals surface area contributed by atoms with Gasteiger partial charge in [0.1, 0.15) is 11.5 Å². The average Bonchev–Trinajstić information content (AvgIpc) is 2.63. The first-order valence-corrected chi connectivity index (χ1v) is 8.05. The average molecular weight is 332 g/mol. The van der Waals surface area contributed by atoms with E-state index in [4.69, 9.17) is 16.3 Å². The smallest absolute Gasteiger partial charge is 0.138 e. The Hall–Kier alpha value is -2.84. The fourth-order valence-electron chi connectivity index (χ4n) is 2.66. The van der Waals surface area contributed by atoms with Gasteiger partial charge in [0.2, 0.25) is 0 Å². The molecule has 116 valence electrons. The van der Waals surface area contributed by atoms with Gasteiger partial charge in [-0.3, -0.25) is 4.98 Å². The van der Waals surface area contributed by atoms with E-state index in [1.807, 2.05) is 54.6 Å². The van der Waals surface area contributed by atoms with Crippen LogP contribution in [0.1, 0.15) is 0 Å². The van der Waals surface area contributed by atoms with E-state index >= 15 is 0 Å². The molecule has 1 heterocycles. The molecule has 2 nitrogen and oxygen atoms in total. The molecule has 3 heteroatoms. The number of ether oxygens (including phenoxy) is 1. The Balaban J connectivity index is 1.64. The van der Waals surface area contributed by atoms with E-state index in [0.717, 1.165) is 28.0 Å². The summed E-state index contributed by atoms with van der Waals surface area (Å²) in [7, 11) is 0. The second-order valence-electron chi connectivity index (χ2n) is 5.46. The number of benzene rings is 3. The molecule has 0 fully saturated rings. The van der Waals surface area contributed by atoms with Gasteiger partial charge < -0.3 is 4.74 Å². The second kappa shape index (κ2) is 6.34. The Bertz CT molecular complexity index is 982. The Morgan fingerprint density at radius 2 is 1.50 bits per heavy atom. The van der Waals surface area contributed by atoms with E-state index in [2.05, 4.69) is 29.2 Å². The van der Waals surface area contributed by atoms with Crippen molar-refractivity contribution in [3.8, 4) is 22.6 Å². The molecule has 24 heavy (non-hydrogen) atoms. The van der Waals surface area contributed by atoms with Gasteiger partial charge in [-0.1, -0.05) is 54.1 Å². The summed E-state index contributed by atoms with van der Waals surface area (Å²) in [4.78, 5) is 4.33. The van der Waals surface area contributed by atoms with Crippen molar-refractivity contribution < 1.29 is 4.74 Å². The molecule has 4 aromatic rings. The Morgan fingerprint density at radius 3 is 2.29 bits per heavy atom. The topological polar surface area (TPSA) is 22.1 Å². The fourth-order valence-corrected chi connectivity index (χ4v) is 2.82. The third-order valence-electron chi connectivity index (χ3n) is 3.85. The van der Waals surface area contributed by atoms with Gasteiger partial charge in [0.25, 0.3) is 0 Å². The van der Waals surface area contributed by atoms with Crippen LogP contribution in [0.3, 0.4) is 0 Å². The summed E-state index contributed by atoms with van der Waals surface area (Å²) in [5.74, 6) is 1.56. The molecular weight excluding hydrogens is 318 g/mol. The maximum atomic E-state index is 6.04. The van der Waals surface area contributed by atoms with Gasteiger partial charge in [-0.15, -0.1) is 0 Å². The molecular formula is C21H14ClNO. The van der Waals surface area contributed by atoms with Gasteiger partial charge in [0, 0.05) is 16.6 Å². The zero-order chi connectivity index (χ0) is 16.4. The monoisotopic (exact) mass is 331 g/mol. The summed E-state index contributed by atoms with van der Waals surface area (Å²) in [6, 6.07) is 25.8. The summed E-state index contributed by atoms with van der Waals surface area (Å²) >= 11 is 6.03. The summed E-state index contributed by atoms with van der Waals surface area (Å²) < 4.78 is 6.04. The van der Waals surface area contributed by atoms with Crippen LogP contribution in [-0.2, 0) is 0 Å². The molecule has 0 bridgehead atoms. The molecule has 0 aliphatic carbocycles. The van der Waals surface area contributed by atoms with Crippen molar-refractivity contribution in [3.05, 3.63) is 90.1 Å². The molecule has 0 N–H and O–H groups in total. The van der Waals surface area contributed by atoms with Crippen LogP contribution in [0.2, 0.25) is 5.02 Å². The number of halogens is 1. The first-order valence-electron chi connectivity index (χ1n) is 7.67. The molecule has 0 saturated heterocycles. The van der Waals surface area contributed by atoms with Crippen LogP contribution in [-0.4, -0.2) is 4.98 Å². The quantitative estimate of drug-likeness (QED) is 0.436. The summed E-state index contributed by atoms with van der Waals surface area (Å²) in [6.07, 6.45) is 1.73. The third-order valence-corrected chi connectivity index (χ3v) is 4.09. The first kappa shape index (κ1) is 14.7. The summed E-state index contributed by atoms with van der Waals surface area (Å²) in [5, 5.41) is 1.60. The molecule has 4 rings (SSSR count). The lowest BCUT2D eigenvalue weighted by molar-refractivity contribution is 0.488. The third kappa shape index (κ3) is 2.97. The van der Waals surface area contributed by atoms with E-state index in [1.54, 1.807) is 6.20 Å². The van der Waals surface area contributed by atoms with Crippen LogP contribution < -0.4 is 4.74 Å². The van der Waals surface area contributed by atoms with Gasteiger partial charge in [0.15, 0.2) is 0 Å². The molecule has 0 spiro atoms. The van der Waals surface area contributed by atoms with Crippen LogP contribution in [0, 0.1) is 0 Å². The number of aromatic nitrogens is 1. The van der Waals surface area contributed by atoms with Crippen molar-refractivity contribution in [2.24, 2.45) is 0 Å². The molecule has 0 atom stereocenters. The molecule has 0 amide bonds. The highest BCUT2D eigenvalue weighted by atomic mass is 35.5. The highest BCUT2D eigenvalue weighted by molar-refractivity contribution is 6.31. The second-order valence-corrected chi connectivity index (χ2v) is 5.90. The standard InChI is InChI=1S/C21H14ClNO/c22-17-8-11-19-20(14-17)23-13-12-21(19)24-18-9-6-16(7-10-18)15-4-2-1-3-5-15/h1-14H. The van der Waals surface area contributed by atoms with Crippen molar-refractivity contribution >= 4 is 22.5 Å². The van der Waals surface area contributed by atoms with Crippen LogP contribution in [0.4, 0.5) is 0 Å². The maximum Gasteiger partial charge on any atom is 0.138 e. The van der Waals surface area contributed by atoms with E-state index in [-0.39, 0.29) is 0 Å². The number of pyridine rings is 1. The molecule has 0 saturated carbocycles. The largest absolute Gasteiger partial charge is 0.457 e. The van der Waals surface area contributed by atoms with Crippen LogP contribution in [0.25, 0.3) is 22.0 Å². The minimum Gasteiger partial charge on any atom is -0.457 e. The number of rotatable bonds is 3. The van der Waals surface area contributed by atoms with Crippen molar-refractivity contribution in [2.45, 2.75) is 0 Å². The Labute approximate surface area is 145 Å². The molecule has 0 unspecified atom stereocenters. The minimum atomic E-state index is 0.666. The zero-order valence-corrected chi connectivity index (χ0v) is 13.6. The highest BCUT2D eigenvalue weighted by Gasteiger charge is 2.05. The van der Waals surface area contributed by atoms with E-state index in [1.165, 1.54) is 5.56 Å². The predicted octanol–water partition coefficient (Wildman–Crippen LogP) is 6.35. The highest BCUT2D eigenvalue weighted by Crippen LogP contribution is 2.31. The van der Waals surface area contributed by atoms with Crippen LogP contribution in [0.15, 0.2) is 85.1 Å². The number of fused-ring (bicyclic) bond motifs is 1. The Morgan fingerprint density at radius 1 is 0.750 bits per heavy atom. The van der Waals surface area contributed by atoms with E-state index in [0.29, 0.717) is 5.02 Å². The summed E-state index contributed by atoms with van der Waals surface area (Å²) in [5.41, 5.74) is 3.17. The minimum absolute atomic E-state index is 0.666.